The normalized spacial score (nSPS) is 26.1. The molecule has 1 N–H and O–H groups in total. The van der Waals surface area contributed by atoms with Crippen molar-refractivity contribution < 1.29 is 9.18 Å². The van der Waals surface area contributed by atoms with Crippen molar-refractivity contribution in [1.29, 1.82) is 0 Å². The number of likely N-dealkylation sites (tertiary alicyclic amines) is 1. The number of fused-ring (bicyclic) bond motifs is 1. The lowest BCUT2D eigenvalue weighted by molar-refractivity contribution is 0.0712. The molecule has 158 valence electrons. The second-order valence-corrected chi connectivity index (χ2v) is 8.76. The molecular weight excluding hydrogens is 381 g/mol. The fourth-order valence-corrected chi connectivity index (χ4v) is 5.31. The first kappa shape index (κ1) is 19.4. The monoisotopic (exact) mass is 409 g/mol. The highest BCUT2D eigenvalue weighted by Crippen LogP contribution is 2.43. The van der Waals surface area contributed by atoms with Crippen molar-refractivity contribution in [1.82, 2.24) is 20.2 Å². The number of nitrogens with one attached hydrogen (secondary N) is 1. The van der Waals surface area contributed by atoms with Gasteiger partial charge in [-0.15, -0.1) is 0 Å². The maximum Gasteiger partial charge on any atom is 0.257 e. The molecule has 3 aliphatic heterocycles. The quantitative estimate of drug-likeness (QED) is 0.845. The number of carbonyl (C=O) groups excluding carboxylic acids is 1. The van der Waals surface area contributed by atoms with Crippen LogP contribution in [0.2, 0.25) is 0 Å². The van der Waals surface area contributed by atoms with Gasteiger partial charge in [-0.2, -0.15) is 0 Å². The van der Waals surface area contributed by atoms with Crippen LogP contribution in [0.4, 0.5) is 10.3 Å². The zero-order valence-corrected chi connectivity index (χ0v) is 17.4. The van der Waals surface area contributed by atoms with E-state index < -0.39 is 0 Å². The van der Waals surface area contributed by atoms with Gasteiger partial charge in [0, 0.05) is 44.8 Å². The van der Waals surface area contributed by atoms with E-state index >= 15 is 0 Å². The van der Waals surface area contributed by atoms with E-state index in [4.69, 9.17) is 0 Å². The lowest BCUT2D eigenvalue weighted by Crippen LogP contribution is -2.36. The molecule has 0 radical (unpaired) electrons. The summed E-state index contributed by atoms with van der Waals surface area (Å²) in [6.45, 7) is 6.24. The van der Waals surface area contributed by atoms with Gasteiger partial charge in [0.15, 0.2) is 0 Å². The molecule has 0 saturated carbocycles. The summed E-state index contributed by atoms with van der Waals surface area (Å²) in [7, 11) is 0. The molecule has 30 heavy (non-hydrogen) atoms. The molecule has 4 heterocycles. The highest BCUT2D eigenvalue weighted by atomic mass is 19.1. The van der Waals surface area contributed by atoms with Crippen LogP contribution < -0.4 is 10.2 Å². The predicted molar refractivity (Wildman–Crippen MR) is 113 cm³/mol. The molecule has 0 aliphatic carbocycles. The van der Waals surface area contributed by atoms with Crippen LogP contribution in [-0.2, 0) is 0 Å². The summed E-state index contributed by atoms with van der Waals surface area (Å²) in [6, 6.07) is 6.54. The molecule has 1 amide bonds. The van der Waals surface area contributed by atoms with Gasteiger partial charge >= 0.3 is 0 Å². The van der Waals surface area contributed by atoms with Crippen molar-refractivity contribution in [3.63, 3.8) is 0 Å². The van der Waals surface area contributed by atoms with Crippen LogP contribution in [0.3, 0.4) is 0 Å². The van der Waals surface area contributed by atoms with Crippen LogP contribution in [0.15, 0.2) is 30.5 Å². The van der Waals surface area contributed by atoms with Crippen molar-refractivity contribution in [2.45, 2.75) is 32.2 Å². The zero-order chi connectivity index (χ0) is 20.7. The summed E-state index contributed by atoms with van der Waals surface area (Å²) >= 11 is 0. The van der Waals surface area contributed by atoms with Gasteiger partial charge in [-0.05, 0) is 49.8 Å². The maximum atomic E-state index is 14.0. The Balaban J connectivity index is 1.44. The van der Waals surface area contributed by atoms with E-state index in [0.717, 1.165) is 44.6 Å². The molecule has 6 nitrogen and oxygen atoms in total. The highest BCUT2D eigenvalue weighted by Gasteiger charge is 2.47. The van der Waals surface area contributed by atoms with Gasteiger partial charge in [0.1, 0.15) is 5.82 Å². The molecular formula is C23H28FN5O. The molecule has 7 heteroatoms. The minimum atomic E-state index is -0.264. The van der Waals surface area contributed by atoms with Crippen molar-refractivity contribution in [2.75, 3.05) is 37.6 Å². The van der Waals surface area contributed by atoms with Crippen LogP contribution >= 0.6 is 0 Å². The Labute approximate surface area is 176 Å². The van der Waals surface area contributed by atoms with E-state index in [1.54, 1.807) is 18.3 Å². The number of carbonyl (C=O) groups is 1. The molecule has 0 spiro atoms. The average molecular weight is 410 g/mol. The number of amides is 1. The topological polar surface area (TPSA) is 61.4 Å². The SMILES string of the molecule is Cc1nc(N2CCCCC2)ncc1C(=O)N1C[C@@H]2CNC[C@@H]2[C@@H]1c1cccc(F)c1. The lowest BCUT2D eigenvalue weighted by atomic mass is 9.89. The number of rotatable bonds is 3. The van der Waals surface area contributed by atoms with E-state index in [-0.39, 0.29) is 17.8 Å². The molecule has 1 aromatic carbocycles. The molecule has 3 saturated heterocycles. The first-order valence-electron chi connectivity index (χ1n) is 11.0. The van der Waals surface area contributed by atoms with E-state index in [9.17, 15) is 9.18 Å². The molecule has 0 unspecified atom stereocenters. The summed E-state index contributed by atoms with van der Waals surface area (Å²) in [5.41, 5.74) is 2.12. The van der Waals surface area contributed by atoms with E-state index in [0.29, 0.717) is 35.6 Å². The van der Waals surface area contributed by atoms with Crippen molar-refractivity contribution in [3.8, 4) is 0 Å². The molecule has 3 atom stereocenters. The smallest absolute Gasteiger partial charge is 0.257 e. The fraction of sp³-hybridized carbons (Fsp3) is 0.522. The number of nitrogens with zero attached hydrogens (tertiary/aromatic N) is 4. The van der Waals surface area contributed by atoms with Crippen molar-refractivity contribution in [3.05, 3.63) is 53.1 Å². The van der Waals surface area contributed by atoms with Crippen LogP contribution in [-0.4, -0.2) is 53.5 Å². The number of piperidine rings is 1. The van der Waals surface area contributed by atoms with E-state index in [1.807, 2.05) is 17.9 Å². The summed E-state index contributed by atoms with van der Waals surface area (Å²) in [4.78, 5) is 26.9. The first-order chi connectivity index (χ1) is 14.6. The maximum absolute atomic E-state index is 14.0. The summed E-state index contributed by atoms with van der Waals surface area (Å²) in [6.07, 6.45) is 5.25. The number of benzene rings is 1. The van der Waals surface area contributed by atoms with Gasteiger partial charge in [0.25, 0.3) is 5.91 Å². The highest BCUT2D eigenvalue weighted by molar-refractivity contribution is 5.95. The molecule has 1 aromatic heterocycles. The largest absolute Gasteiger partial charge is 0.341 e. The van der Waals surface area contributed by atoms with Gasteiger partial charge in [-0.25, -0.2) is 14.4 Å². The molecule has 3 aliphatic rings. The summed E-state index contributed by atoms with van der Waals surface area (Å²) in [5, 5.41) is 3.43. The van der Waals surface area contributed by atoms with Gasteiger partial charge < -0.3 is 15.1 Å². The number of aromatic nitrogens is 2. The number of hydrogen-bond acceptors (Lipinski definition) is 5. The van der Waals surface area contributed by atoms with E-state index in [2.05, 4.69) is 20.2 Å². The second-order valence-electron chi connectivity index (χ2n) is 8.76. The number of anilines is 1. The Kier molecular flexibility index (Phi) is 5.15. The number of hydrogen-bond donors (Lipinski definition) is 1. The van der Waals surface area contributed by atoms with Crippen LogP contribution in [0.1, 0.15) is 46.9 Å². The summed E-state index contributed by atoms with van der Waals surface area (Å²) < 4.78 is 14.0. The molecule has 3 fully saturated rings. The van der Waals surface area contributed by atoms with Crippen LogP contribution in [0.25, 0.3) is 0 Å². The standard InChI is InChI=1S/C23H28FN5O/c1-15-19(13-26-23(27-15)28-8-3-2-4-9-28)22(30)29-14-17-11-25-12-20(17)21(29)16-6-5-7-18(24)10-16/h5-7,10,13,17,20-21,25H,2-4,8-9,11-12,14H2,1H3/t17-,20-,21-/m0/s1. The molecule has 2 aromatic rings. The van der Waals surface area contributed by atoms with Crippen LogP contribution in [0, 0.1) is 24.6 Å². The third-order valence-electron chi connectivity index (χ3n) is 6.85. The zero-order valence-electron chi connectivity index (χ0n) is 17.4. The Hall–Kier alpha value is -2.54. The Morgan fingerprint density at radius 1 is 1.20 bits per heavy atom. The average Bonchev–Trinajstić information content (AvgIpc) is 3.35. The van der Waals surface area contributed by atoms with Crippen molar-refractivity contribution >= 4 is 11.9 Å². The summed E-state index contributed by atoms with van der Waals surface area (Å²) in [5.74, 6) is 1.08. The minimum absolute atomic E-state index is 0.0543. The lowest BCUT2D eigenvalue weighted by Gasteiger charge is -2.29. The predicted octanol–water partition coefficient (Wildman–Crippen LogP) is 2.95. The van der Waals surface area contributed by atoms with Gasteiger partial charge in [-0.1, -0.05) is 12.1 Å². The first-order valence-corrected chi connectivity index (χ1v) is 11.0. The second kappa shape index (κ2) is 7.95. The van der Waals surface area contributed by atoms with Gasteiger partial charge in [-0.3, -0.25) is 4.79 Å². The Bertz CT molecular complexity index is 945. The Morgan fingerprint density at radius 2 is 2.03 bits per heavy atom. The van der Waals surface area contributed by atoms with E-state index in [1.165, 1.54) is 12.5 Å². The number of aryl methyl sites for hydroxylation is 1. The third-order valence-corrected chi connectivity index (χ3v) is 6.85. The van der Waals surface area contributed by atoms with Crippen LogP contribution in [0.5, 0.6) is 0 Å². The minimum Gasteiger partial charge on any atom is -0.341 e. The molecule has 5 rings (SSSR count). The van der Waals surface area contributed by atoms with Gasteiger partial charge in [0.2, 0.25) is 5.95 Å². The van der Waals surface area contributed by atoms with Crippen molar-refractivity contribution in [2.24, 2.45) is 11.8 Å². The fourth-order valence-electron chi connectivity index (χ4n) is 5.31. The Morgan fingerprint density at radius 3 is 2.80 bits per heavy atom. The number of halogens is 1. The van der Waals surface area contributed by atoms with Gasteiger partial charge in [0.05, 0.1) is 17.3 Å². The third kappa shape index (κ3) is 3.45. The molecule has 0 bridgehead atoms.